The molecule has 0 amide bonds. The lowest BCUT2D eigenvalue weighted by molar-refractivity contribution is -0.161. The Morgan fingerprint density at radius 3 is 1.56 bits per heavy atom. The number of phosphoric acid groups is 1. The van der Waals surface area contributed by atoms with E-state index >= 15 is 0 Å². The fourth-order valence-corrected chi connectivity index (χ4v) is 5.00. The van der Waals surface area contributed by atoms with Gasteiger partial charge in [0.2, 0.25) is 0 Å². The predicted octanol–water partition coefficient (Wildman–Crippen LogP) is 9.68. The number of hydrogen-bond donors (Lipinski definition) is 2. The summed E-state index contributed by atoms with van der Waals surface area (Å²) in [6.45, 7) is 3.59. The van der Waals surface area contributed by atoms with Crippen molar-refractivity contribution in [3.8, 4) is 0 Å². The molecular weight excluding hydrogens is 567 g/mol. The second-order valence-electron chi connectivity index (χ2n) is 11.5. The molecule has 0 bridgehead atoms. The summed E-state index contributed by atoms with van der Waals surface area (Å²) in [6, 6.07) is 0. The molecule has 9 heteroatoms. The highest BCUT2D eigenvalue weighted by atomic mass is 31.2. The van der Waals surface area contributed by atoms with Crippen molar-refractivity contribution >= 4 is 19.8 Å². The van der Waals surface area contributed by atoms with E-state index in [9.17, 15) is 14.2 Å². The summed E-state index contributed by atoms with van der Waals surface area (Å²) in [5.74, 6) is -0.900. The van der Waals surface area contributed by atoms with Crippen LogP contribution in [0.25, 0.3) is 0 Å². The van der Waals surface area contributed by atoms with Crippen molar-refractivity contribution < 1.29 is 37.9 Å². The van der Waals surface area contributed by atoms with Crippen LogP contribution in [0.1, 0.15) is 162 Å². The molecule has 252 valence electrons. The zero-order chi connectivity index (χ0) is 31.9. The monoisotopic (exact) mass is 630 g/mol. The highest BCUT2D eigenvalue weighted by Gasteiger charge is 2.22. The van der Waals surface area contributed by atoms with E-state index in [1.54, 1.807) is 0 Å². The number of carbonyl (C=O) groups is 2. The predicted molar refractivity (Wildman–Crippen MR) is 175 cm³/mol. The SMILES string of the molecule is CCCCCC/C=C\C/C=C\CCCCCCCCCC(=O)OC(COC(=O)CCCCCCCCC)COP(=O)(O)O. The lowest BCUT2D eigenvalue weighted by Crippen LogP contribution is -2.29. The fourth-order valence-electron chi connectivity index (χ4n) is 4.64. The molecule has 0 aliphatic carbocycles. The molecule has 43 heavy (non-hydrogen) atoms. The number of ether oxygens (including phenoxy) is 2. The Balaban J connectivity index is 3.95. The maximum atomic E-state index is 12.3. The van der Waals surface area contributed by atoms with Gasteiger partial charge in [0, 0.05) is 12.8 Å². The minimum atomic E-state index is -4.74. The van der Waals surface area contributed by atoms with E-state index in [4.69, 9.17) is 19.3 Å². The highest BCUT2D eigenvalue weighted by molar-refractivity contribution is 7.46. The molecule has 0 saturated heterocycles. The maximum Gasteiger partial charge on any atom is 0.469 e. The largest absolute Gasteiger partial charge is 0.469 e. The van der Waals surface area contributed by atoms with Crippen LogP contribution in [-0.4, -0.2) is 41.0 Å². The van der Waals surface area contributed by atoms with Gasteiger partial charge in [-0.15, -0.1) is 0 Å². The number of carbonyl (C=O) groups excluding carboxylic acids is 2. The minimum Gasteiger partial charge on any atom is -0.462 e. The van der Waals surface area contributed by atoms with Gasteiger partial charge in [0.1, 0.15) is 6.61 Å². The van der Waals surface area contributed by atoms with E-state index in [0.717, 1.165) is 57.8 Å². The van der Waals surface area contributed by atoms with Gasteiger partial charge in [-0.1, -0.05) is 128 Å². The first-order valence-electron chi connectivity index (χ1n) is 17.1. The molecular formula is C34H63O8P. The van der Waals surface area contributed by atoms with Gasteiger partial charge in [0.05, 0.1) is 6.61 Å². The molecule has 8 nitrogen and oxygen atoms in total. The summed E-state index contributed by atoms with van der Waals surface area (Å²) in [7, 11) is -4.74. The summed E-state index contributed by atoms with van der Waals surface area (Å²) in [5.41, 5.74) is 0. The lowest BCUT2D eigenvalue weighted by Gasteiger charge is -2.18. The fraction of sp³-hybridized carbons (Fsp3) is 0.824. The van der Waals surface area contributed by atoms with E-state index in [2.05, 4.69) is 42.7 Å². The van der Waals surface area contributed by atoms with Gasteiger partial charge in [-0.25, -0.2) is 4.57 Å². The van der Waals surface area contributed by atoms with Crippen LogP contribution in [0, 0.1) is 0 Å². The molecule has 0 fully saturated rings. The summed E-state index contributed by atoms with van der Waals surface area (Å²) >= 11 is 0. The smallest absolute Gasteiger partial charge is 0.462 e. The third-order valence-corrected chi connectivity index (χ3v) is 7.71. The van der Waals surface area contributed by atoms with Crippen molar-refractivity contribution in [2.45, 2.75) is 168 Å². The van der Waals surface area contributed by atoms with Crippen LogP contribution in [0.2, 0.25) is 0 Å². The van der Waals surface area contributed by atoms with Crippen molar-refractivity contribution in [3.63, 3.8) is 0 Å². The molecule has 0 aromatic heterocycles. The molecule has 0 aromatic rings. The molecule has 0 saturated carbocycles. The number of phosphoric ester groups is 1. The molecule has 2 N–H and O–H groups in total. The Labute approximate surface area is 262 Å². The maximum absolute atomic E-state index is 12.3. The van der Waals surface area contributed by atoms with E-state index in [1.807, 2.05) is 0 Å². The minimum absolute atomic E-state index is 0.205. The van der Waals surface area contributed by atoms with Crippen molar-refractivity contribution in [1.82, 2.24) is 0 Å². The van der Waals surface area contributed by atoms with Crippen molar-refractivity contribution in [2.75, 3.05) is 13.2 Å². The van der Waals surface area contributed by atoms with Gasteiger partial charge >= 0.3 is 19.8 Å². The van der Waals surface area contributed by atoms with E-state index in [1.165, 1.54) is 70.6 Å². The van der Waals surface area contributed by atoms with Gasteiger partial charge in [0.25, 0.3) is 0 Å². The third-order valence-electron chi connectivity index (χ3n) is 7.22. The zero-order valence-corrected chi connectivity index (χ0v) is 28.2. The molecule has 0 rings (SSSR count). The van der Waals surface area contributed by atoms with Crippen LogP contribution in [0.15, 0.2) is 24.3 Å². The summed E-state index contributed by atoms with van der Waals surface area (Å²) in [4.78, 5) is 42.4. The van der Waals surface area contributed by atoms with Crippen molar-refractivity contribution in [1.29, 1.82) is 0 Å². The van der Waals surface area contributed by atoms with Gasteiger partial charge < -0.3 is 19.3 Å². The van der Waals surface area contributed by atoms with Gasteiger partial charge in [-0.3, -0.25) is 14.1 Å². The number of rotatable bonds is 31. The average Bonchev–Trinajstić information content (AvgIpc) is 2.97. The van der Waals surface area contributed by atoms with Crippen LogP contribution in [0.5, 0.6) is 0 Å². The zero-order valence-electron chi connectivity index (χ0n) is 27.4. The normalized spacial score (nSPS) is 12.7. The van der Waals surface area contributed by atoms with E-state index < -0.39 is 32.5 Å². The van der Waals surface area contributed by atoms with Gasteiger partial charge in [0.15, 0.2) is 6.10 Å². The molecule has 0 aliphatic rings. The topological polar surface area (TPSA) is 119 Å². The van der Waals surface area contributed by atoms with Crippen molar-refractivity contribution in [3.05, 3.63) is 24.3 Å². The number of unbranched alkanes of at least 4 members (excludes halogenated alkanes) is 17. The van der Waals surface area contributed by atoms with Gasteiger partial charge in [-0.2, -0.15) is 0 Å². The first kappa shape index (κ1) is 41.5. The standard InChI is InChI=1S/C34H63O8P/c1-3-5-7-9-11-12-13-14-15-16-17-18-19-20-21-23-25-27-29-34(36)42-32(31-41-43(37,38)39)30-40-33(35)28-26-24-22-10-8-6-4-2/h12-13,15-16,32H,3-11,14,17-31H2,1-2H3,(H2,37,38,39)/b13-12-,16-15-. The van der Waals surface area contributed by atoms with E-state index in [-0.39, 0.29) is 19.4 Å². The summed E-state index contributed by atoms with van der Waals surface area (Å²) < 4.78 is 26.1. The molecule has 0 aromatic carbocycles. The second-order valence-corrected chi connectivity index (χ2v) is 12.7. The van der Waals surface area contributed by atoms with Crippen molar-refractivity contribution in [2.24, 2.45) is 0 Å². The van der Waals surface area contributed by atoms with Crippen LogP contribution in [0.4, 0.5) is 0 Å². The van der Waals surface area contributed by atoms with Crippen LogP contribution < -0.4 is 0 Å². The average molecular weight is 631 g/mol. The molecule has 0 spiro atoms. The Morgan fingerprint density at radius 1 is 0.605 bits per heavy atom. The quantitative estimate of drug-likeness (QED) is 0.0336. The second kappa shape index (κ2) is 30.6. The number of esters is 2. The van der Waals surface area contributed by atoms with Crippen LogP contribution in [0.3, 0.4) is 0 Å². The molecule has 1 unspecified atom stereocenters. The Hall–Kier alpha value is -1.47. The molecule has 1 atom stereocenters. The molecule has 0 radical (unpaired) electrons. The Kier molecular flexibility index (Phi) is 29.5. The Bertz CT molecular complexity index is 761. The third kappa shape index (κ3) is 33.3. The highest BCUT2D eigenvalue weighted by Crippen LogP contribution is 2.35. The first-order valence-corrected chi connectivity index (χ1v) is 18.7. The van der Waals surface area contributed by atoms with E-state index in [0.29, 0.717) is 6.42 Å². The summed E-state index contributed by atoms with van der Waals surface area (Å²) in [5, 5.41) is 0. The number of allylic oxidation sites excluding steroid dienone is 4. The van der Waals surface area contributed by atoms with Gasteiger partial charge in [-0.05, 0) is 44.9 Å². The van der Waals surface area contributed by atoms with Crippen LogP contribution in [-0.2, 0) is 28.2 Å². The summed E-state index contributed by atoms with van der Waals surface area (Å²) in [6.07, 6.45) is 32.0. The first-order chi connectivity index (χ1) is 20.8. The number of hydrogen-bond acceptors (Lipinski definition) is 6. The molecule has 0 heterocycles. The molecule has 0 aliphatic heterocycles. The Morgan fingerprint density at radius 2 is 1.05 bits per heavy atom. The van der Waals surface area contributed by atoms with Crippen LogP contribution >= 0.6 is 7.82 Å². The lowest BCUT2D eigenvalue weighted by atomic mass is 10.1.